The van der Waals surface area contributed by atoms with E-state index in [2.05, 4.69) is 26.6 Å². The van der Waals surface area contributed by atoms with Gasteiger partial charge in [-0.1, -0.05) is 0 Å². The summed E-state index contributed by atoms with van der Waals surface area (Å²) in [4.78, 5) is 18.3. The van der Waals surface area contributed by atoms with Crippen molar-refractivity contribution in [3.63, 3.8) is 0 Å². The number of rotatable bonds is 2. The molecule has 0 aliphatic rings. The molecule has 0 saturated carbocycles. The second-order valence-corrected chi connectivity index (χ2v) is 0.569. The third-order valence-corrected chi connectivity index (χ3v) is 0.219. The third-order valence-electron chi connectivity index (χ3n) is 0.219. The smallest absolute Gasteiger partial charge is 2.00 e. The molecule has 0 atom stereocenters. The van der Waals surface area contributed by atoms with Crippen LogP contribution >= 0.6 is 0 Å². The van der Waals surface area contributed by atoms with Gasteiger partial charge in [-0.2, -0.15) is 0 Å². The fraction of sp³-hybridized carbons (Fsp3) is 0. The van der Waals surface area contributed by atoms with Crippen molar-refractivity contribution in [3.05, 3.63) is 38.8 Å². The summed E-state index contributed by atoms with van der Waals surface area (Å²) >= 11 is 0. The molecule has 0 heterocycles. The molecule has 0 aliphatic carbocycles. The Labute approximate surface area is 97.1 Å². The van der Waals surface area contributed by atoms with Crippen molar-refractivity contribution >= 4 is 12.6 Å². The first-order valence-corrected chi connectivity index (χ1v) is 2.14. The van der Waals surface area contributed by atoms with Gasteiger partial charge in [-0.25, -0.2) is 0 Å². The van der Waals surface area contributed by atoms with E-state index in [0.29, 0.717) is 0 Å². The van der Waals surface area contributed by atoms with E-state index in [1.807, 2.05) is 0 Å². The predicted molar refractivity (Wildman–Crippen MR) is 36.2 cm³/mol. The summed E-state index contributed by atoms with van der Waals surface area (Å²) in [5, 5.41) is 0. The summed E-state index contributed by atoms with van der Waals surface area (Å²) in [7, 11) is 0. The van der Waals surface area contributed by atoms with Crippen LogP contribution in [0.5, 0.6) is 0 Å². The van der Waals surface area contributed by atoms with Crippen LogP contribution in [0.3, 0.4) is 0 Å². The molecule has 0 aliphatic heterocycles. The molecule has 0 fully saturated rings. The van der Waals surface area contributed by atoms with Crippen molar-refractivity contribution < 1.29 is 45.3 Å². The molecule has 0 N–H and O–H groups in total. The van der Waals surface area contributed by atoms with Crippen molar-refractivity contribution in [1.82, 2.24) is 0 Å². The zero-order chi connectivity index (χ0) is 12.8. The van der Waals surface area contributed by atoms with Crippen molar-refractivity contribution in [2.45, 2.75) is 0 Å². The molecule has 0 unspecified atom stereocenters. The van der Waals surface area contributed by atoms with Crippen LogP contribution in [-0.2, 0) is 45.3 Å². The molecule has 0 aromatic heterocycles. The Morgan fingerprint density at radius 2 is 0.800 bits per heavy atom. The largest absolute Gasteiger partial charge is 2.00 e. The van der Waals surface area contributed by atoms with Gasteiger partial charge < -0.3 is 21.7 Å². The number of hydrogen-bond donors (Lipinski definition) is 0. The average Bonchev–Trinajstić information content (AvgIpc) is 2.36. The summed E-state index contributed by atoms with van der Waals surface area (Å²) in [6.45, 7) is 18.0. The molecule has 7 heteroatoms. The van der Waals surface area contributed by atoms with Crippen LogP contribution in [0.25, 0.3) is 0 Å². The van der Waals surface area contributed by atoms with E-state index in [0.717, 1.165) is 12.2 Å². The maximum atomic E-state index is 9.17. The SMILES string of the molecule is O=[C-]/C=C\[C-]=O.[C-]#[O+].[C-]#[O+].[C-]#[O+].[C-]#[O+].[Fe+2]. The number of hydrogen-bond acceptors (Lipinski definition) is 2. The topological polar surface area (TPSA) is 114 Å². The summed E-state index contributed by atoms with van der Waals surface area (Å²) in [6, 6.07) is 0. The van der Waals surface area contributed by atoms with Gasteiger partial charge in [0.15, 0.2) is 0 Å². The molecule has 0 aromatic rings. The van der Waals surface area contributed by atoms with E-state index in [-0.39, 0.29) is 17.1 Å². The van der Waals surface area contributed by atoms with Gasteiger partial charge in [-0.05, 0) is 0 Å². The Bertz CT molecular complexity index is 166. The van der Waals surface area contributed by atoms with Crippen molar-refractivity contribution in [1.29, 1.82) is 0 Å². The van der Waals surface area contributed by atoms with Crippen LogP contribution < -0.4 is 0 Å². The zero-order valence-corrected chi connectivity index (χ0v) is 8.06. The monoisotopic (exact) mass is 250 g/mol. The fourth-order valence-electron chi connectivity index (χ4n) is 0.0680. The van der Waals surface area contributed by atoms with E-state index < -0.39 is 0 Å². The molecule has 15 heavy (non-hydrogen) atoms. The fourth-order valence-corrected chi connectivity index (χ4v) is 0.0680. The Hall–Kier alpha value is -1.44. The van der Waals surface area contributed by atoms with Gasteiger partial charge in [-0.15, -0.1) is 12.6 Å². The molecule has 0 bridgehead atoms. The minimum atomic E-state index is 0. The molecular formula is C8H2FeO6. The molecule has 6 nitrogen and oxygen atoms in total. The first-order chi connectivity index (χ1) is 6.91. The third kappa shape index (κ3) is 576. The van der Waals surface area contributed by atoms with E-state index >= 15 is 0 Å². The minimum absolute atomic E-state index is 0. The molecule has 0 radical (unpaired) electrons. The normalized spacial score (nSPS) is 4.00. The maximum absolute atomic E-state index is 9.17. The number of allylic oxidation sites excluding steroid dienone is 2. The molecule has 0 rings (SSSR count). The molecule has 0 spiro atoms. The van der Waals surface area contributed by atoms with Gasteiger partial charge in [0.25, 0.3) is 0 Å². The van der Waals surface area contributed by atoms with Crippen LogP contribution in [0, 0.1) is 26.6 Å². The average molecular weight is 250 g/mol. The summed E-state index contributed by atoms with van der Waals surface area (Å²) in [6.07, 6.45) is 4.65. The molecule has 0 aromatic carbocycles. The van der Waals surface area contributed by atoms with Gasteiger partial charge in [0, 0.05) is 0 Å². The molecule has 0 saturated heterocycles. The second kappa shape index (κ2) is 256. The maximum Gasteiger partial charge on any atom is 2.00 e. The van der Waals surface area contributed by atoms with Crippen LogP contribution in [-0.4, -0.2) is 12.6 Å². The van der Waals surface area contributed by atoms with Gasteiger partial charge in [0.05, 0.1) is 0 Å². The minimum Gasteiger partial charge on any atom is 2.00 e. The van der Waals surface area contributed by atoms with Crippen LogP contribution in [0.2, 0.25) is 0 Å². The van der Waals surface area contributed by atoms with Crippen molar-refractivity contribution in [2.75, 3.05) is 0 Å². The van der Waals surface area contributed by atoms with Gasteiger partial charge in [-0.3, -0.25) is 0 Å². The van der Waals surface area contributed by atoms with Crippen LogP contribution in [0.15, 0.2) is 12.2 Å². The quantitative estimate of drug-likeness (QED) is 0.287. The van der Waals surface area contributed by atoms with Gasteiger partial charge in [0.1, 0.15) is 0 Å². The Balaban J connectivity index is -0.0000000194. The van der Waals surface area contributed by atoms with E-state index in [1.54, 1.807) is 0 Å². The zero-order valence-electron chi connectivity index (χ0n) is 6.96. The first-order valence-electron chi connectivity index (χ1n) is 2.14. The number of carbonyl (C=O) groups excluding carboxylic acids is 2. The molecular weight excluding hydrogens is 248 g/mol. The van der Waals surface area contributed by atoms with Gasteiger partial charge in [0.2, 0.25) is 0 Å². The van der Waals surface area contributed by atoms with E-state index in [1.165, 1.54) is 12.6 Å². The summed E-state index contributed by atoms with van der Waals surface area (Å²) in [5.41, 5.74) is 0. The molecule has 0 amide bonds. The Morgan fingerprint density at radius 3 is 0.867 bits per heavy atom. The van der Waals surface area contributed by atoms with Crippen LogP contribution in [0.4, 0.5) is 0 Å². The first kappa shape index (κ1) is 37.4. The molecule has 78 valence electrons. The Kier molecular flexibility index (Phi) is 639. The predicted octanol–water partition coefficient (Wildman–Crippen LogP) is -0.391. The van der Waals surface area contributed by atoms with Crippen molar-refractivity contribution in [3.8, 4) is 0 Å². The summed E-state index contributed by atoms with van der Waals surface area (Å²) < 4.78 is 30.0. The van der Waals surface area contributed by atoms with E-state index in [9.17, 15) is 9.59 Å². The summed E-state index contributed by atoms with van der Waals surface area (Å²) in [5.74, 6) is 0. The Morgan fingerprint density at radius 1 is 0.667 bits per heavy atom. The standard InChI is InChI=1S/C4H2O2.4CO.Fe/c5-3-1-2-4-6;4*1-2;/h1-2H;;;;;/q-2;;;;;+2/b2-1-;;;;;. The van der Waals surface area contributed by atoms with Gasteiger partial charge >= 0.3 is 62.3 Å². The second-order valence-electron chi connectivity index (χ2n) is 0.569. The van der Waals surface area contributed by atoms with Crippen LogP contribution in [0.1, 0.15) is 0 Å². The van der Waals surface area contributed by atoms with E-state index in [4.69, 9.17) is 18.6 Å². The van der Waals surface area contributed by atoms with Crippen molar-refractivity contribution in [2.24, 2.45) is 0 Å².